The summed E-state index contributed by atoms with van der Waals surface area (Å²) < 4.78 is 0. The molecule has 0 radical (unpaired) electrons. The number of carbonyl (C=O) groups excluding carboxylic acids is 3. The van der Waals surface area contributed by atoms with Crippen LogP contribution in [-0.4, -0.2) is 52.6 Å². The summed E-state index contributed by atoms with van der Waals surface area (Å²) in [6.07, 6.45) is 10.8. The lowest BCUT2D eigenvalue weighted by Gasteiger charge is -2.27. The topological polar surface area (TPSA) is 92.3 Å². The van der Waals surface area contributed by atoms with Crippen LogP contribution >= 0.6 is 0 Å². The maximum atomic E-state index is 12.3. The minimum absolute atomic E-state index is 0.0152. The van der Waals surface area contributed by atoms with E-state index in [1.165, 1.54) is 31.9 Å². The van der Waals surface area contributed by atoms with E-state index in [1.807, 2.05) is 32.6 Å². The fourth-order valence-electron chi connectivity index (χ4n) is 3.12. The first-order chi connectivity index (χ1) is 17.2. The van der Waals surface area contributed by atoms with Gasteiger partial charge in [-0.15, -0.1) is 0 Å². The molecule has 2 heterocycles. The van der Waals surface area contributed by atoms with Gasteiger partial charge >= 0.3 is 0 Å². The van der Waals surface area contributed by atoms with Crippen LogP contribution in [0.3, 0.4) is 0 Å². The third-order valence-electron chi connectivity index (χ3n) is 4.52. The Hall–Kier alpha value is -2.31. The van der Waals surface area contributed by atoms with Crippen molar-refractivity contribution >= 4 is 18.1 Å². The molecule has 1 unspecified atom stereocenters. The molecule has 2 rings (SSSR count). The van der Waals surface area contributed by atoms with Gasteiger partial charge in [-0.1, -0.05) is 89.0 Å². The SMILES string of the molecule is CC.CC.CC(C)C.CC=O.CCC.CCCC1(CC)CCN(C(=O)CNC(=O)c2cnccn2)C1. The first-order valence-electron chi connectivity index (χ1n) is 13.9. The maximum Gasteiger partial charge on any atom is 0.271 e. The molecule has 1 aliphatic rings. The molecule has 1 aromatic heterocycles. The monoisotopic (exact) mass is 510 g/mol. The van der Waals surface area contributed by atoms with E-state index in [9.17, 15) is 9.59 Å². The molecule has 1 fully saturated rings. The summed E-state index contributed by atoms with van der Waals surface area (Å²) in [6, 6.07) is 0. The number of amides is 2. The minimum atomic E-state index is -0.365. The van der Waals surface area contributed by atoms with Crippen LogP contribution in [0.5, 0.6) is 0 Å². The molecule has 212 valence electrons. The number of aldehydes is 1. The van der Waals surface area contributed by atoms with Crippen molar-refractivity contribution < 1.29 is 14.4 Å². The van der Waals surface area contributed by atoms with Crippen LogP contribution in [0.25, 0.3) is 0 Å². The van der Waals surface area contributed by atoms with Gasteiger partial charge in [-0.2, -0.15) is 0 Å². The van der Waals surface area contributed by atoms with Gasteiger partial charge in [0.1, 0.15) is 12.0 Å². The molecule has 0 aliphatic carbocycles. The van der Waals surface area contributed by atoms with Crippen LogP contribution in [0.1, 0.15) is 126 Å². The lowest BCUT2D eigenvalue weighted by atomic mass is 9.80. The molecule has 0 spiro atoms. The van der Waals surface area contributed by atoms with Gasteiger partial charge in [-0.05, 0) is 37.5 Å². The molecule has 1 N–H and O–H groups in total. The van der Waals surface area contributed by atoms with E-state index in [4.69, 9.17) is 4.79 Å². The zero-order valence-corrected chi connectivity index (χ0v) is 25.6. The molecular formula is C29H58N4O3. The molecule has 36 heavy (non-hydrogen) atoms. The molecule has 1 aromatic rings. The summed E-state index contributed by atoms with van der Waals surface area (Å²) in [5, 5.41) is 2.62. The Kier molecular flexibility index (Phi) is 32.8. The summed E-state index contributed by atoms with van der Waals surface area (Å²) in [5.41, 5.74) is 0.491. The van der Waals surface area contributed by atoms with E-state index in [0.717, 1.165) is 51.0 Å². The summed E-state index contributed by atoms with van der Waals surface area (Å²) in [7, 11) is 0. The second-order valence-corrected chi connectivity index (χ2v) is 8.62. The Balaban J connectivity index is -0.000000307. The Morgan fingerprint density at radius 2 is 1.58 bits per heavy atom. The Bertz CT molecular complexity index is 621. The highest BCUT2D eigenvalue weighted by molar-refractivity contribution is 5.94. The van der Waals surface area contributed by atoms with Crippen molar-refractivity contribution in [3.05, 3.63) is 24.3 Å². The van der Waals surface area contributed by atoms with Crippen LogP contribution < -0.4 is 5.32 Å². The van der Waals surface area contributed by atoms with Crippen LogP contribution in [0.2, 0.25) is 0 Å². The average Bonchev–Trinajstić information content (AvgIpc) is 3.31. The van der Waals surface area contributed by atoms with Crippen LogP contribution in [0.15, 0.2) is 18.6 Å². The smallest absolute Gasteiger partial charge is 0.271 e. The van der Waals surface area contributed by atoms with E-state index in [1.54, 1.807) is 0 Å². The summed E-state index contributed by atoms with van der Waals surface area (Å²) in [5.74, 6) is 0.444. The van der Waals surface area contributed by atoms with Crippen molar-refractivity contribution in [3.8, 4) is 0 Å². The quantitative estimate of drug-likeness (QED) is 0.417. The molecule has 2 amide bonds. The zero-order chi connectivity index (χ0) is 29.0. The highest BCUT2D eigenvalue weighted by Crippen LogP contribution is 2.38. The van der Waals surface area contributed by atoms with Crippen molar-refractivity contribution in [2.75, 3.05) is 19.6 Å². The molecule has 1 aliphatic heterocycles. The minimum Gasteiger partial charge on any atom is -0.342 e. The molecule has 0 aromatic carbocycles. The third kappa shape index (κ3) is 22.2. The largest absolute Gasteiger partial charge is 0.342 e. The van der Waals surface area contributed by atoms with Crippen molar-refractivity contribution in [2.45, 2.75) is 115 Å². The molecule has 0 bridgehead atoms. The Morgan fingerprint density at radius 1 is 1.08 bits per heavy atom. The zero-order valence-electron chi connectivity index (χ0n) is 25.6. The predicted octanol–water partition coefficient (Wildman–Crippen LogP) is 6.97. The number of hydrogen-bond acceptors (Lipinski definition) is 5. The second-order valence-electron chi connectivity index (χ2n) is 8.62. The predicted molar refractivity (Wildman–Crippen MR) is 154 cm³/mol. The summed E-state index contributed by atoms with van der Waals surface area (Å²) in [4.78, 5) is 42.6. The second kappa shape index (κ2) is 28.9. The number of likely N-dealkylation sites (tertiary alicyclic amines) is 1. The number of aromatic nitrogens is 2. The first kappa shape index (κ1) is 40.8. The fraction of sp³-hybridized carbons (Fsp3) is 0.759. The Morgan fingerprint density at radius 3 is 1.97 bits per heavy atom. The summed E-state index contributed by atoms with van der Waals surface area (Å²) >= 11 is 0. The standard InChI is InChI=1S/C16H24N4O2.C4H10.C3H8.C2H4O.2C2H6/c1-3-5-16(4-2)6-9-20(12-16)14(21)11-19-15(22)13-10-17-7-8-18-13;1-4(2)3;1-3-2;1-2-3;2*1-2/h7-8,10H,3-6,9,11-12H2,1-2H3,(H,19,22);4H,1-3H3;3H2,1-2H3;2H,1H3;2*1-2H3. The average molecular weight is 511 g/mol. The first-order valence-corrected chi connectivity index (χ1v) is 13.9. The molecule has 1 atom stereocenters. The lowest BCUT2D eigenvalue weighted by Crippen LogP contribution is -2.40. The van der Waals surface area contributed by atoms with Crippen molar-refractivity contribution in [1.82, 2.24) is 20.2 Å². The van der Waals surface area contributed by atoms with Gasteiger partial charge < -0.3 is 15.0 Å². The van der Waals surface area contributed by atoms with Crippen molar-refractivity contribution in [2.24, 2.45) is 11.3 Å². The number of nitrogens with one attached hydrogen (secondary N) is 1. The van der Waals surface area contributed by atoms with Crippen LogP contribution in [-0.2, 0) is 9.59 Å². The molecular weight excluding hydrogens is 452 g/mol. The van der Waals surface area contributed by atoms with Gasteiger partial charge in [0.25, 0.3) is 5.91 Å². The van der Waals surface area contributed by atoms with Crippen LogP contribution in [0.4, 0.5) is 0 Å². The van der Waals surface area contributed by atoms with Gasteiger partial charge in [-0.3, -0.25) is 14.6 Å². The summed E-state index contributed by atoms with van der Waals surface area (Å²) in [6.45, 7) is 26.2. The van der Waals surface area contributed by atoms with Crippen LogP contribution in [0, 0.1) is 11.3 Å². The van der Waals surface area contributed by atoms with Gasteiger partial charge in [0.05, 0.1) is 12.7 Å². The van der Waals surface area contributed by atoms with E-state index >= 15 is 0 Å². The van der Waals surface area contributed by atoms with Gasteiger partial charge in [0, 0.05) is 25.5 Å². The third-order valence-corrected chi connectivity index (χ3v) is 4.52. The highest BCUT2D eigenvalue weighted by atomic mass is 16.2. The van der Waals surface area contributed by atoms with Crippen molar-refractivity contribution in [3.63, 3.8) is 0 Å². The van der Waals surface area contributed by atoms with E-state index in [-0.39, 0.29) is 29.5 Å². The van der Waals surface area contributed by atoms with Gasteiger partial charge in [-0.25, -0.2) is 4.98 Å². The number of carbonyl (C=O) groups is 3. The number of rotatable bonds is 6. The maximum absolute atomic E-state index is 12.3. The highest BCUT2D eigenvalue weighted by Gasteiger charge is 2.37. The molecule has 7 nitrogen and oxygen atoms in total. The van der Waals surface area contributed by atoms with Crippen molar-refractivity contribution in [1.29, 1.82) is 0 Å². The van der Waals surface area contributed by atoms with Gasteiger partial charge in [0.15, 0.2) is 0 Å². The molecule has 1 saturated heterocycles. The normalized spacial score (nSPS) is 15.0. The Labute approximate surface area is 223 Å². The van der Waals surface area contributed by atoms with E-state index in [0.29, 0.717) is 0 Å². The number of hydrogen-bond donors (Lipinski definition) is 1. The van der Waals surface area contributed by atoms with Gasteiger partial charge in [0.2, 0.25) is 5.91 Å². The fourth-order valence-corrected chi connectivity index (χ4v) is 3.12. The van der Waals surface area contributed by atoms with E-state index in [2.05, 4.69) is 63.8 Å². The lowest BCUT2D eigenvalue weighted by molar-refractivity contribution is -0.129. The molecule has 0 saturated carbocycles. The molecule has 7 heteroatoms. The van der Waals surface area contributed by atoms with E-state index < -0.39 is 0 Å². The number of nitrogens with zero attached hydrogens (tertiary/aromatic N) is 3.